The molecule has 0 saturated heterocycles. The smallest absolute Gasteiger partial charge is 0.167 e. The average molecular weight is 318 g/mol. The molecule has 3 aromatic rings. The molecule has 0 spiro atoms. The number of aldehydes is 1. The maximum absolute atomic E-state index is 12.2. The van der Waals surface area contributed by atoms with E-state index in [2.05, 4.69) is 5.10 Å². The SMILES string of the molecule is Cn1nc(-c2ccc(CC(=O)c3ccccc3)cc2)cc1CC=O. The molecule has 4 nitrogen and oxygen atoms in total. The van der Waals surface area contributed by atoms with E-state index in [1.54, 1.807) is 4.68 Å². The third-order valence-electron chi connectivity index (χ3n) is 3.98. The van der Waals surface area contributed by atoms with Gasteiger partial charge in [-0.2, -0.15) is 5.10 Å². The number of ketones is 1. The average Bonchev–Trinajstić information content (AvgIpc) is 2.97. The van der Waals surface area contributed by atoms with E-state index < -0.39 is 0 Å². The normalized spacial score (nSPS) is 10.5. The Kier molecular flexibility index (Phi) is 4.66. The van der Waals surface area contributed by atoms with Crippen molar-refractivity contribution in [1.29, 1.82) is 0 Å². The minimum absolute atomic E-state index is 0.106. The zero-order chi connectivity index (χ0) is 16.9. The molecule has 0 saturated carbocycles. The molecule has 0 unspecified atom stereocenters. The number of carbonyl (C=O) groups is 2. The molecule has 1 aromatic heterocycles. The van der Waals surface area contributed by atoms with Crippen LogP contribution in [0, 0.1) is 0 Å². The second-order valence-electron chi connectivity index (χ2n) is 5.68. The fourth-order valence-electron chi connectivity index (χ4n) is 2.63. The zero-order valence-corrected chi connectivity index (χ0v) is 13.5. The molecule has 120 valence electrons. The lowest BCUT2D eigenvalue weighted by Gasteiger charge is -2.03. The number of carbonyl (C=O) groups excluding carboxylic acids is 2. The fraction of sp³-hybridized carbons (Fsp3) is 0.150. The first-order chi connectivity index (χ1) is 11.7. The van der Waals surface area contributed by atoms with Crippen molar-refractivity contribution < 1.29 is 9.59 Å². The van der Waals surface area contributed by atoms with Gasteiger partial charge in [0.15, 0.2) is 5.78 Å². The van der Waals surface area contributed by atoms with Gasteiger partial charge in [0.2, 0.25) is 0 Å². The summed E-state index contributed by atoms with van der Waals surface area (Å²) in [5.41, 5.74) is 4.37. The van der Waals surface area contributed by atoms with Crippen LogP contribution in [0.3, 0.4) is 0 Å². The van der Waals surface area contributed by atoms with Crippen LogP contribution in [0.1, 0.15) is 21.6 Å². The number of aryl methyl sites for hydroxylation is 1. The summed E-state index contributed by atoms with van der Waals surface area (Å²) >= 11 is 0. The molecule has 0 atom stereocenters. The highest BCUT2D eigenvalue weighted by molar-refractivity contribution is 5.97. The lowest BCUT2D eigenvalue weighted by atomic mass is 10.0. The van der Waals surface area contributed by atoms with Crippen LogP contribution in [0.2, 0.25) is 0 Å². The van der Waals surface area contributed by atoms with Gasteiger partial charge in [0.25, 0.3) is 0 Å². The molecule has 1 heterocycles. The molecule has 0 N–H and O–H groups in total. The van der Waals surface area contributed by atoms with E-state index in [-0.39, 0.29) is 5.78 Å². The van der Waals surface area contributed by atoms with Gasteiger partial charge in [-0.25, -0.2) is 0 Å². The van der Waals surface area contributed by atoms with Gasteiger partial charge in [-0.15, -0.1) is 0 Å². The Morgan fingerprint density at radius 3 is 2.46 bits per heavy atom. The lowest BCUT2D eigenvalue weighted by molar-refractivity contribution is -0.107. The molecule has 4 heteroatoms. The summed E-state index contributed by atoms with van der Waals surface area (Å²) in [4.78, 5) is 22.9. The number of Topliss-reactive ketones (excluding diaryl/α,β-unsaturated/α-hetero) is 1. The first kappa shape index (κ1) is 15.9. The van der Waals surface area contributed by atoms with Crippen LogP contribution < -0.4 is 0 Å². The monoisotopic (exact) mass is 318 g/mol. The van der Waals surface area contributed by atoms with Gasteiger partial charge in [-0.1, -0.05) is 54.6 Å². The maximum Gasteiger partial charge on any atom is 0.167 e. The minimum atomic E-state index is 0.106. The van der Waals surface area contributed by atoms with Crippen molar-refractivity contribution in [3.63, 3.8) is 0 Å². The van der Waals surface area contributed by atoms with Crippen molar-refractivity contribution in [1.82, 2.24) is 9.78 Å². The molecule has 2 aromatic carbocycles. The van der Waals surface area contributed by atoms with Crippen LogP contribution in [-0.2, 0) is 24.7 Å². The second-order valence-corrected chi connectivity index (χ2v) is 5.68. The lowest BCUT2D eigenvalue weighted by Crippen LogP contribution is -2.03. The topological polar surface area (TPSA) is 52.0 Å². The van der Waals surface area contributed by atoms with Gasteiger partial charge in [0.1, 0.15) is 6.29 Å². The van der Waals surface area contributed by atoms with E-state index >= 15 is 0 Å². The Morgan fingerprint density at radius 2 is 1.79 bits per heavy atom. The Hall–Kier alpha value is -3.01. The van der Waals surface area contributed by atoms with Crippen molar-refractivity contribution in [3.8, 4) is 11.3 Å². The van der Waals surface area contributed by atoms with Gasteiger partial charge in [-0.05, 0) is 11.6 Å². The Bertz CT molecular complexity index is 849. The Balaban J connectivity index is 1.75. The predicted octanol–water partition coefficient (Wildman–Crippen LogP) is 3.25. The van der Waals surface area contributed by atoms with Crippen molar-refractivity contribution in [3.05, 3.63) is 77.5 Å². The van der Waals surface area contributed by atoms with Gasteiger partial charge >= 0.3 is 0 Å². The zero-order valence-electron chi connectivity index (χ0n) is 13.5. The molecule has 0 aliphatic rings. The van der Waals surface area contributed by atoms with E-state index in [4.69, 9.17) is 0 Å². The minimum Gasteiger partial charge on any atom is -0.303 e. The first-order valence-corrected chi connectivity index (χ1v) is 7.81. The molecule has 0 aliphatic heterocycles. The van der Waals surface area contributed by atoms with Crippen molar-refractivity contribution >= 4 is 12.1 Å². The fourth-order valence-corrected chi connectivity index (χ4v) is 2.63. The Labute approximate surface area is 140 Å². The van der Waals surface area contributed by atoms with Gasteiger partial charge in [-0.3, -0.25) is 9.48 Å². The number of nitrogens with zero attached hydrogens (tertiary/aromatic N) is 2. The maximum atomic E-state index is 12.2. The number of hydrogen-bond acceptors (Lipinski definition) is 3. The number of aromatic nitrogens is 2. The molecular formula is C20H18N2O2. The number of rotatable bonds is 6. The van der Waals surface area contributed by atoms with Crippen LogP contribution in [-0.4, -0.2) is 21.8 Å². The molecule has 3 rings (SSSR count). The van der Waals surface area contributed by atoms with Crippen molar-refractivity contribution in [2.24, 2.45) is 7.05 Å². The Morgan fingerprint density at radius 1 is 1.08 bits per heavy atom. The number of hydrogen-bond donors (Lipinski definition) is 0. The molecule has 24 heavy (non-hydrogen) atoms. The van der Waals surface area contributed by atoms with E-state index in [0.29, 0.717) is 12.8 Å². The number of benzene rings is 2. The molecule has 0 aliphatic carbocycles. The van der Waals surface area contributed by atoms with Crippen LogP contribution in [0.25, 0.3) is 11.3 Å². The predicted molar refractivity (Wildman–Crippen MR) is 92.9 cm³/mol. The van der Waals surface area contributed by atoms with E-state index in [1.807, 2.05) is 67.7 Å². The van der Waals surface area contributed by atoms with Crippen molar-refractivity contribution in [2.75, 3.05) is 0 Å². The summed E-state index contributed by atoms with van der Waals surface area (Å²) in [6.07, 6.45) is 1.61. The molecule has 0 fully saturated rings. The van der Waals surface area contributed by atoms with Gasteiger partial charge in [0, 0.05) is 36.7 Å². The quantitative estimate of drug-likeness (QED) is 0.518. The second kappa shape index (κ2) is 7.04. The van der Waals surface area contributed by atoms with E-state index in [0.717, 1.165) is 34.4 Å². The highest BCUT2D eigenvalue weighted by Gasteiger charge is 2.09. The summed E-state index contributed by atoms with van der Waals surface area (Å²) in [7, 11) is 1.83. The highest BCUT2D eigenvalue weighted by Crippen LogP contribution is 2.20. The molecule has 0 radical (unpaired) electrons. The van der Waals surface area contributed by atoms with Gasteiger partial charge in [0.05, 0.1) is 5.69 Å². The van der Waals surface area contributed by atoms with Crippen LogP contribution in [0.15, 0.2) is 60.7 Å². The van der Waals surface area contributed by atoms with Crippen LogP contribution >= 0.6 is 0 Å². The molecular weight excluding hydrogens is 300 g/mol. The summed E-state index contributed by atoms with van der Waals surface area (Å²) in [5.74, 6) is 0.106. The summed E-state index contributed by atoms with van der Waals surface area (Å²) < 4.78 is 1.72. The summed E-state index contributed by atoms with van der Waals surface area (Å²) in [5, 5.41) is 4.43. The van der Waals surface area contributed by atoms with Crippen molar-refractivity contribution in [2.45, 2.75) is 12.8 Å². The van der Waals surface area contributed by atoms with E-state index in [1.165, 1.54) is 0 Å². The third kappa shape index (κ3) is 3.49. The summed E-state index contributed by atoms with van der Waals surface area (Å²) in [6, 6.07) is 19.0. The third-order valence-corrected chi connectivity index (χ3v) is 3.98. The van der Waals surface area contributed by atoms with E-state index in [9.17, 15) is 9.59 Å². The summed E-state index contributed by atoms with van der Waals surface area (Å²) in [6.45, 7) is 0. The molecule has 0 bridgehead atoms. The van der Waals surface area contributed by atoms with Crippen LogP contribution in [0.5, 0.6) is 0 Å². The molecule has 0 amide bonds. The largest absolute Gasteiger partial charge is 0.303 e. The standard InChI is InChI=1S/C20H18N2O2/c1-22-18(11-12-23)14-19(21-22)16-9-7-15(8-10-16)13-20(24)17-5-3-2-4-6-17/h2-10,12,14H,11,13H2,1H3. The van der Waals surface area contributed by atoms with Gasteiger partial charge < -0.3 is 4.79 Å². The first-order valence-electron chi connectivity index (χ1n) is 7.81. The highest BCUT2D eigenvalue weighted by atomic mass is 16.1. The van der Waals surface area contributed by atoms with Crippen LogP contribution in [0.4, 0.5) is 0 Å².